The summed E-state index contributed by atoms with van der Waals surface area (Å²) >= 11 is 5.99. The van der Waals surface area contributed by atoms with Crippen molar-refractivity contribution < 1.29 is 4.79 Å². The third-order valence-corrected chi connectivity index (χ3v) is 4.55. The molecule has 3 nitrogen and oxygen atoms in total. The van der Waals surface area contributed by atoms with Crippen molar-refractivity contribution in [2.75, 3.05) is 5.73 Å². The lowest BCUT2D eigenvalue weighted by atomic mass is 9.73. The zero-order valence-electron chi connectivity index (χ0n) is 11.7. The second-order valence-electron chi connectivity index (χ2n) is 5.57. The molecule has 0 spiro atoms. The van der Waals surface area contributed by atoms with Crippen LogP contribution in [0, 0.1) is 0 Å². The van der Waals surface area contributed by atoms with E-state index in [1.165, 1.54) is 6.20 Å². The zero-order valence-corrected chi connectivity index (χ0v) is 12.4. The number of halogens is 1. The average Bonchev–Trinajstić information content (AvgIpc) is 3.01. The fourth-order valence-corrected chi connectivity index (χ4v) is 3.43. The second-order valence-corrected chi connectivity index (χ2v) is 6.01. The highest BCUT2D eigenvalue weighted by molar-refractivity contribution is 6.31. The third-order valence-electron chi connectivity index (χ3n) is 4.35. The number of ketones is 1. The van der Waals surface area contributed by atoms with Crippen LogP contribution in [-0.4, -0.2) is 10.8 Å². The number of benzene rings is 1. The van der Waals surface area contributed by atoms with E-state index in [1.807, 2.05) is 30.3 Å². The van der Waals surface area contributed by atoms with Gasteiger partial charge in [0.05, 0.1) is 16.0 Å². The second kappa shape index (κ2) is 5.49. The Hall–Kier alpha value is -1.87. The molecule has 4 heteroatoms. The molecule has 0 amide bonds. The first kappa shape index (κ1) is 14.1. The fourth-order valence-electron chi connectivity index (χ4n) is 3.27. The Balaban J connectivity index is 2.10. The maximum atomic E-state index is 13.2. The Kier molecular flexibility index (Phi) is 3.68. The molecule has 1 aromatic heterocycles. The molecule has 1 heterocycles. The summed E-state index contributed by atoms with van der Waals surface area (Å²) < 4.78 is 0. The molecule has 3 rings (SSSR count). The first-order valence-electron chi connectivity index (χ1n) is 7.15. The number of nitrogens with zero attached hydrogens (tertiary/aromatic N) is 1. The van der Waals surface area contributed by atoms with E-state index in [1.54, 1.807) is 6.07 Å². The predicted octanol–water partition coefficient (Wildman–Crippen LogP) is 4.01. The Morgan fingerprint density at radius 3 is 2.52 bits per heavy atom. The SMILES string of the molecule is Nc1ncc(Cl)cc1C(=O)C1(c2ccccc2)CCCC1. The van der Waals surface area contributed by atoms with Crippen molar-refractivity contribution in [3.05, 3.63) is 58.7 Å². The van der Waals surface area contributed by atoms with Crippen molar-refractivity contribution >= 4 is 23.2 Å². The highest BCUT2D eigenvalue weighted by Crippen LogP contribution is 2.44. The van der Waals surface area contributed by atoms with Gasteiger partial charge in [-0.1, -0.05) is 54.8 Å². The third kappa shape index (κ3) is 2.42. The molecule has 0 radical (unpaired) electrons. The Morgan fingerprint density at radius 2 is 1.86 bits per heavy atom. The number of carbonyl (C=O) groups is 1. The predicted molar refractivity (Wildman–Crippen MR) is 84.6 cm³/mol. The molecule has 1 aromatic carbocycles. The molecule has 108 valence electrons. The number of nitrogen functional groups attached to an aromatic ring is 1. The number of anilines is 1. The van der Waals surface area contributed by atoms with Crippen molar-refractivity contribution in [3.63, 3.8) is 0 Å². The van der Waals surface area contributed by atoms with Gasteiger partial charge < -0.3 is 5.73 Å². The first-order chi connectivity index (χ1) is 10.1. The zero-order chi connectivity index (χ0) is 14.9. The summed E-state index contributed by atoms with van der Waals surface area (Å²) in [6.07, 6.45) is 5.27. The van der Waals surface area contributed by atoms with Crippen LogP contribution in [0.1, 0.15) is 41.6 Å². The van der Waals surface area contributed by atoms with E-state index in [-0.39, 0.29) is 11.6 Å². The number of Topliss-reactive ketones (excluding diaryl/α,β-unsaturated/α-hetero) is 1. The summed E-state index contributed by atoms with van der Waals surface area (Å²) in [5.41, 5.74) is 6.92. The fraction of sp³-hybridized carbons (Fsp3) is 0.294. The van der Waals surface area contributed by atoms with Crippen LogP contribution in [0.2, 0.25) is 5.02 Å². The summed E-state index contributed by atoms with van der Waals surface area (Å²) in [5.74, 6) is 0.297. The van der Waals surface area contributed by atoms with Crippen LogP contribution in [0.4, 0.5) is 5.82 Å². The molecule has 1 fully saturated rings. The topological polar surface area (TPSA) is 56.0 Å². The molecule has 1 aliphatic carbocycles. The van der Waals surface area contributed by atoms with Crippen LogP contribution in [0.5, 0.6) is 0 Å². The maximum Gasteiger partial charge on any atom is 0.177 e. The molecular weight excluding hydrogens is 284 g/mol. The summed E-state index contributed by atoms with van der Waals surface area (Å²) in [5, 5.41) is 0.439. The van der Waals surface area contributed by atoms with Crippen molar-refractivity contribution in [2.24, 2.45) is 0 Å². The first-order valence-corrected chi connectivity index (χ1v) is 7.53. The van der Waals surface area contributed by atoms with Gasteiger partial charge in [-0.3, -0.25) is 4.79 Å². The van der Waals surface area contributed by atoms with E-state index in [2.05, 4.69) is 4.98 Å². The quantitative estimate of drug-likeness (QED) is 0.871. The number of pyridine rings is 1. The molecule has 2 aromatic rings. The lowest BCUT2D eigenvalue weighted by Crippen LogP contribution is -2.33. The number of nitrogens with two attached hydrogens (primary N) is 1. The average molecular weight is 301 g/mol. The summed E-state index contributed by atoms with van der Waals surface area (Å²) in [7, 11) is 0. The van der Waals surface area contributed by atoms with Gasteiger partial charge in [-0.15, -0.1) is 0 Å². The van der Waals surface area contributed by atoms with Crippen molar-refractivity contribution in [1.82, 2.24) is 4.98 Å². The van der Waals surface area contributed by atoms with Crippen LogP contribution < -0.4 is 5.73 Å². The minimum Gasteiger partial charge on any atom is -0.383 e. The molecule has 0 unspecified atom stereocenters. The summed E-state index contributed by atoms with van der Waals surface area (Å²) in [6, 6.07) is 11.6. The Bertz CT molecular complexity index is 664. The summed E-state index contributed by atoms with van der Waals surface area (Å²) in [6.45, 7) is 0. The van der Waals surface area contributed by atoms with Gasteiger partial charge in [0.1, 0.15) is 5.82 Å². The van der Waals surface area contributed by atoms with Gasteiger partial charge in [-0.25, -0.2) is 4.98 Å². The normalized spacial score (nSPS) is 16.8. The molecule has 2 N–H and O–H groups in total. The van der Waals surface area contributed by atoms with Crippen molar-refractivity contribution in [2.45, 2.75) is 31.1 Å². The largest absolute Gasteiger partial charge is 0.383 e. The van der Waals surface area contributed by atoms with Crippen LogP contribution in [0.15, 0.2) is 42.6 Å². The van der Waals surface area contributed by atoms with Gasteiger partial charge >= 0.3 is 0 Å². The van der Waals surface area contributed by atoms with E-state index in [0.29, 0.717) is 10.6 Å². The number of rotatable bonds is 3. The van der Waals surface area contributed by atoms with Crippen LogP contribution >= 0.6 is 11.6 Å². The molecule has 1 aliphatic rings. The van der Waals surface area contributed by atoms with E-state index < -0.39 is 5.41 Å². The van der Waals surface area contributed by atoms with Crippen molar-refractivity contribution in [3.8, 4) is 0 Å². The molecule has 0 saturated heterocycles. The Labute approximate surface area is 129 Å². The van der Waals surface area contributed by atoms with E-state index in [9.17, 15) is 4.79 Å². The van der Waals surface area contributed by atoms with Crippen LogP contribution in [0.25, 0.3) is 0 Å². The number of hydrogen-bond acceptors (Lipinski definition) is 3. The van der Waals surface area contributed by atoms with E-state index >= 15 is 0 Å². The summed E-state index contributed by atoms with van der Waals surface area (Å²) in [4.78, 5) is 17.2. The van der Waals surface area contributed by atoms with E-state index in [0.717, 1.165) is 31.2 Å². The number of carbonyl (C=O) groups excluding carboxylic acids is 1. The highest BCUT2D eigenvalue weighted by atomic mass is 35.5. The molecular formula is C17H17ClN2O. The standard InChI is InChI=1S/C17H17ClN2O/c18-13-10-14(16(19)20-11-13)15(21)17(8-4-5-9-17)12-6-2-1-3-7-12/h1-3,6-7,10-11H,4-5,8-9H2,(H2,19,20). The van der Waals surface area contributed by atoms with Gasteiger partial charge in [0.25, 0.3) is 0 Å². The molecule has 1 saturated carbocycles. The number of hydrogen-bond donors (Lipinski definition) is 1. The smallest absolute Gasteiger partial charge is 0.177 e. The number of aromatic nitrogens is 1. The van der Waals surface area contributed by atoms with Crippen molar-refractivity contribution in [1.29, 1.82) is 0 Å². The Morgan fingerprint density at radius 1 is 1.19 bits per heavy atom. The van der Waals surface area contributed by atoms with Gasteiger partial charge in [0.15, 0.2) is 5.78 Å². The van der Waals surface area contributed by atoms with Gasteiger partial charge in [-0.05, 0) is 24.5 Å². The lowest BCUT2D eigenvalue weighted by molar-refractivity contribution is 0.0886. The lowest BCUT2D eigenvalue weighted by Gasteiger charge is -2.28. The molecule has 0 atom stereocenters. The molecule has 21 heavy (non-hydrogen) atoms. The minimum atomic E-state index is -0.484. The van der Waals surface area contributed by atoms with Crippen LogP contribution in [-0.2, 0) is 5.41 Å². The van der Waals surface area contributed by atoms with Gasteiger partial charge in [0, 0.05) is 6.20 Å². The van der Waals surface area contributed by atoms with Gasteiger partial charge in [0.2, 0.25) is 0 Å². The minimum absolute atomic E-state index is 0.0405. The van der Waals surface area contributed by atoms with Crippen LogP contribution in [0.3, 0.4) is 0 Å². The maximum absolute atomic E-state index is 13.2. The molecule has 0 bridgehead atoms. The monoisotopic (exact) mass is 300 g/mol. The highest BCUT2D eigenvalue weighted by Gasteiger charge is 2.43. The van der Waals surface area contributed by atoms with Gasteiger partial charge in [-0.2, -0.15) is 0 Å². The molecule has 0 aliphatic heterocycles. The van der Waals surface area contributed by atoms with E-state index in [4.69, 9.17) is 17.3 Å².